The second-order valence-corrected chi connectivity index (χ2v) is 8.61. The SMILES string of the molecule is CN(C[C@@H](c1ccc(OCCO)cc1)N1CC[C@H](O)C1)C(=O)Cc1ccc(Cl)c(Cl)c1. The molecule has 1 aliphatic rings. The normalized spacial score (nSPS) is 17.5. The van der Waals surface area contributed by atoms with E-state index in [1.54, 1.807) is 30.1 Å². The van der Waals surface area contributed by atoms with Gasteiger partial charge in [-0.1, -0.05) is 41.4 Å². The lowest BCUT2D eigenvalue weighted by molar-refractivity contribution is -0.129. The second kappa shape index (κ2) is 11.2. The lowest BCUT2D eigenvalue weighted by Crippen LogP contribution is -2.39. The van der Waals surface area contributed by atoms with Gasteiger partial charge in [0.1, 0.15) is 12.4 Å². The van der Waals surface area contributed by atoms with Crippen molar-refractivity contribution in [3.8, 4) is 5.75 Å². The van der Waals surface area contributed by atoms with E-state index >= 15 is 0 Å². The molecule has 1 fully saturated rings. The van der Waals surface area contributed by atoms with Crippen molar-refractivity contribution < 1.29 is 19.7 Å². The molecule has 1 aliphatic heterocycles. The number of aliphatic hydroxyl groups excluding tert-OH is 2. The van der Waals surface area contributed by atoms with Crippen molar-refractivity contribution in [3.63, 3.8) is 0 Å². The Morgan fingerprint density at radius 1 is 1.23 bits per heavy atom. The van der Waals surface area contributed by atoms with Crippen molar-refractivity contribution in [1.82, 2.24) is 9.80 Å². The summed E-state index contributed by atoms with van der Waals surface area (Å²) in [4.78, 5) is 16.8. The maximum Gasteiger partial charge on any atom is 0.226 e. The summed E-state index contributed by atoms with van der Waals surface area (Å²) in [5.74, 6) is 0.660. The molecule has 8 heteroatoms. The van der Waals surface area contributed by atoms with Crippen LogP contribution in [-0.2, 0) is 11.2 Å². The maximum atomic E-state index is 12.9. The summed E-state index contributed by atoms with van der Waals surface area (Å²) >= 11 is 12.0. The Morgan fingerprint density at radius 3 is 2.58 bits per heavy atom. The number of hydrogen-bond donors (Lipinski definition) is 2. The topological polar surface area (TPSA) is 73.2 Å². The highest BCUT2D eigenvalue weighted by Crippen LogP contribution is 2.28. The van der Waals surface area contributed by atoms with Crippen molar-refractivity contribution in [2.45, 2.75) is 25.0 Å². The van der Waals surface area contributed by atoms with E-state index in [4.69, 9.17) is 33.0 Å². The highest BCUT2D eigenvalue weighted by atomic mass is 35.5. The van der Waals surface area contributed by atoms with Crippen LogP contribution in [0.4, 0.5) is 0 Å². The number of halogens is 2. The van der Waals surface area contributed by atoms with Crippen LogP contribution in [0.1, 0.15) is 23.6 Å². The molecule has 1 amide bonds. The molecule has 0 spiro atoms. The summed E-state index contributed by atoms with van der Waals surface area (Å²) in [5, 5.41) is 19.8. The van der Waals surface area contributed by atoms with Crippen molar-refractivity contribution in [3.05, 3.63) is 63.6 Å². The van der Waals surface area contributed by atoms with Gasteiger partial charge in [0.25, 0.3) is 0 Å². The first-order valence-corrected chi connectivity index (χ1v) is 11.1. The van der Waals surface area contributed by atoms with E-state index in [0.29, 0.717) is 28.9 Å². The van der Waals surface area contributed by atoms with Gasteiger partial charge in [-0.25, -0.2) is 0 Å². The molecular formula is C23H28Cl2N2O4. The molecule has 6 nitrogen and oxygen atoms in total. The quantitative estimate of drug-likeness (QED) is 0.593. The fourth-order valence-corrected chi connectivity index (χ4v) is 4.07. The minimum atomic E-state index is -0.355. The predicted molar refractivity (Wildman–Crippen MR) is 122 cm³/mol. The zero-order valence-corrected chi connectivity index (χ0v) is 19.0. The van der Waals surface area contributed by atoms with Crippen LogP contribution in [0.15, 0.2) is 42.5 Å². The maximum absolute atomic E-state index is 12.9. The summed E-state index contributed by atoms with van der Waals surface area (Å²) in [6, 6.07) is 12.8. The Hall–Kier alpha value is -1.83. The largest absolute Gasteiger partial charge is 0.491 e. The summed E-state index contributed by atoms with van der Waals surface area (Å²) < 4.78 is 5.45. The van der Waals surface area contributed by atoms with Gasteiger partial charge in [-0.05, 0) is 41.8 Å². The predicted octanol–water partition coefficient (Wildman–Crippen LogP) is 3.17. The van der Waals surface area contributed by atoms with Crippen LogP contribution in [0.3, 0.4) is 0 Å². The number of nitrogens with zero attached hydrogens (tertiary/aromatic N) is 2. The van der Waals surface area contributed by atoms with Crippen LogP contribution in [0, 0.1) is 0 Å². The lowest BCUT2D eigenvalue weighted by Gasteiger charge is -2.32. The van der Waals surface area contributed by atoms with Crippen LogP contribution in [0.2, 0.25) is 10.0 Å². The summed E-state index contributed by atoms with van der Waals surface area (Å²) in [7, 11) is 1.79. The van der Waals surface area contributed by atoms with E-state index in [1.165, 1.54) is 0 Å². The van der Waals surface area contributed by atoms with Crippen molar-refractivity contribution >= 4 is 29.1 Å². The average molecular weight is 467 g/mol. The highest BCUT2D eigenvalue weighted by molar-refractivity contribution is 6.42. The number of carbonyl (C=O) groups excluding carboxylic acids is 1. The Bertz CT molecular complexity index is 878. The molecular weight excluding hydrogens is 439 g/mol. The Morgan fingerprint density at radius 2 is 1.97 bits per heavy atom. The highest BCUT2D eigenvalue weighted by Gasteiger charge is 2.30. The number of aliphatic hydroxyl groups is 2. The molecule has 0 unspecified atom stereocenters. The molecule has 3 rings (SSSR count). The fraction of sp³-hybridized carbons (Fsp3) is 0.435. The fourth-order valence-electron chi connectivity index (χ4n) is 3.75. The Kier molecular flexibility index (Phi) is 8.58. The number of carbonyl (C=O) groups is 1. The van der Waals surface area contributed by atoms with Gasteiger partial charge in [0.2, 0.25) is 5.91 Å². The van der Waals surface area contributed by atoms with E-state index in [-0.39, 0.29) is 37.7 Å². The summed E-state index contributed by atoms with van der Waals surface area (Å²) in [6.45, 7) is 2.03. The van der Waals surface area contributed by atoms with E-state index < -0.39 is 0 Å². The lowest BCUT2D eigenvalue weighted by atomic mass is 10.0. The first-order valence-electron chi connectivity index (χ1n) is 10.3. The van der Waals surface area contributed by atoms with Crippen molar-refractivity contribution in [2.75, 3.05) is 39.9 Å². The third kappa shape index (κ3) is 6.57. The van der Waals surface area contributed by atoms with E-state index in [9.17, 15) is 9.90 Å². The van der Waals surface area contributed by atoms with Gasteiger partial charge < -0.3 is 19.8 Å². The Labute approximate surface area is 192 Å². The minimum Gasteiger partial charge on any atom is -0.491 e. The smallest absolute Gasteiger partial charge is 0.226 e. The van der Waals surface area contributed by atoms with Gasteiger partial charge in [-0.3, -0.25) is 9.69 Å². The molecule has 2 atom stereocenters. The molecule has 2 aromatic rings. The zero-order valence-electron chi connectivity index (χ0n) is 17.5. The van der Waals surface area contributed by atoms with Gasteiger partial charge in [0, 0.05) is 26.7 Å². The molecule has 31 heavy (non-hydrogen) atoms. The first kappa shape index (κ1) is 23.8. The molecule has 0 saturated carbocycles. The molecule has 2 N–H and O–H groups in total. The number of β-amino-alcohol motifs (C(OH)–C–C–N with tert-alkyl or cyclic N) is 1. The van der Waals surface area contributed by atoms with E-state index in [2.05, 4.69) is 4.90 Å². The number of hydrogen-bond acceptors (Lipinski definition) is 5. The summed E-state index contributed by atoms with van der Waals surface area (Å²) in [6.07, 6.45) is 0.595. The number of rotatable bonds is 9. The summed E-state index contributed by atoms with van der Waals surface area (Å²) in [5.41, 5.74) is 1.85. The molecule has 0 aromatic heterocycles. The van der Waals surface area contributed by atoms with Crippen LogP contribution in [0.5, 0.6) is 5.75 Å². The minimum absolute atomic E-state index is 0.0222. The molecule has 0 aliphatic carbocycles. The number of benzene rings is 2. The third-order valence-corrected chi connectivity index (χ3v) is 6.21. The molecule has 1 heterocycles. The number of ether oxygens (including phenoxy) is 1. The molecule has 1 saturated heterocycles. The van der Waals surface area contributed by atoms with E-state index in [0.717, 1.165) is 24.1 Å². The third-order valence-electron chi connectivity index (χ3n) is 5.47. The van der Waals surface area contributed by atoms with Gasteiger partial charge in [-0.2, -0.15) is 0 Å². The standard InChI is InChI=1S/C23H28Cl2N2O4/c1-26(23(30)13-16-2-7-20(24)21(25)12-16)15-22(27-9-8-18(29)14-27)17-3-5-19(6-4-17)31-11-10-28/h2-7,12,18,22,28-29H,8-11,13-15H2,1H3/t18-,22-/m0/s1. The zero-order chi connectivity index (χ0) is 22.4. The van der Waals surface area contributed by atoms with Gasteiger partial charge in [0.05, 0.1) is 35.2 Å². The Balaban J connectivity index is 1.71. The first-order chi connectivity index (χ1) is 14.9. The van der Waals surface area contributed by atoms with Crippen LogP contribution in [0.25, 0.3) is 0 Å². The van der Waals surface area contributed by atoms with Crippen LogP contribution >= 0.6 is 23.2 Å². The van der Waals surface area contributed by atoms with Crippen LogP contribution in [-0.4, -0.2) is 71.9 Å². The van der Waals surface area contributed by atoms with E-state index in [1.807, 2.05) is 24.3 Å². The number of likely N-dealkylation sites (N-methyl/N-ethyl adjacent to an activating group) is 1. The van der Waals surface area contributed by atoms with Crippen molar-refractivity contribution in [2.24, 2.45) is 0 Å². The van der Waals surface area contributed by atoms with Crippen molar-refractivity contribution in [1.29, 1.82) is 0 Å². The van der Waals surface area contributed by atoms with Crippen LogP contribution < -0.4 is 4.74 Å². The van der Waals surface area contributed by atoms with Gasteiger partial charge in [-0.15, -0.1) is 0 Å². The average Bonchev–Trinajstić information content (AvgIpc) is 3.19. The molecule has 0 radical (unpaired) electrons. The number of likely N-dealkylation sites (tertiary alicyclic amines) is 1. The molecule has 0 bridgehead atoms. The van der Waals surface area contributed by atoms with Gasteiger partial charge in [0.15, 0.2) is 0 Å². The number of amides is 1. The van der Waals surface area contributed by atoms with Gasteiger partial charge >= 0.3 is 0 Å². The molecule has 168 valence electrons. The monoisotopic (exact) mass is 466 g/mol. The second-order valence-electron chi connectivity index (χ2n) is 7.79. The molecule has 2 aromatic carbocycles.